The van der Waals surface area contributed by atoms with Gasteiger partial charge in [0.1, 0.15) is 17.6 Å². The highest BCUT2D eigenvalue weighted by molar-refractivity contribution is 9.10. The maximum absolute atomic E-state index is 6.24. The van der Waals surface area contributed by atoms with Crippen molar-refractivity contribution in [1.82, 2.24) is 15.2 Å². The van der Waals surface area contributed by atoms with Crippen LogP contribution in [0.1, 0.15) is 30.5 Å². The van der Waals surface area contributed by atoms with E-state index >= 15 is 0 Å². The maximum atomic E-state index is 6.24. The summed E-state index contributed by atoms with van der Waals surface area (Å²) >= 11 is 9.02. The molecule has 4 nitrogen and oxygen atoms in total. The monoisotopic (exact) mass is 427 g/mol. The van der Waals surface area contributed by atoms with Gasteiger partial charge in [0.05, 0.1) is 11.7 Å². The number of nitrogens with zero attached hydrogens (tertiary/aromatic N) is 2. The zero-order valence-corrected chi connectivity index (χ0v) is 16.6. The molecule has 0 aliphatic carbocycles. The summed E-state index contributed by atoms with van der Waals surface area (Å²) in [5.41, 5.74) is 2.00. The molecule has 1 aliphatic rings. The summed E-state index contributed by atoms with van der Waals surface area (Å²) < 4.78 is 7.29. The van der Waals surface area contributed by atoms with Crippen LogP contribution in [0.4, 0.5) is 0 Å². The second-order valence-electron chi connectivity index (χ2n) is 6.12. The van der Waals surface area contributed by atoms with Gasteiger partial charge in [0.2, 0.25) is 0 Å². The lowest BCUT2D eigenvalue weighted by atomic mass is 10.0. The topological polar surface area (TPSA) is 41.3 Å². The number of aromatic nitrogens is 1. The SMILES string of the molecule is CCN1C(=S)N[C@H](c2ccccn2)[C@H]1c1ccc(-c2ccc(Br)cc2)o1. The first-order valence-electron chi connectivity index (χ1n) is 8.51. The molecule has 3 heterocycles. The van der Waals surface area contributed by atoms with Gasteiger partial charge in [-0.25, -0.2) is 0 Å². The summed E-state index contributed by atoms with van der Waals surface area (Å²) in [4.78, 5) is 6.67. The third kappa shape index (κ3) is 3.15. The smallest absolute Gasteiger partial charge is 0.170 e. The van der Waals surface area contributed by atoms with Gasteiger partial charge in [-0.05, 0) is 55.5 Å². The van der Waals surface area contributed by atoms with E-state index in [1.807, 2.05) is 54.6 Å². The van der Waals surface area contributed by atoms with Gasteiger partial charge in [-0.3, -0.25) is 4.98 Å². The molecular weight excluding hydrogens is 410 g/mol. The van der Waals surface area contributed by atoms with Gasteiger partial charge in [0.15, 0.2) is 5.11 Å². The van der Waals surface area contributed by atoms with Crippen LogP contribution in [0, 0.1) is 0 Å². The van der Waals surface area contributed by atoms with Crippen molar-refractivity contribution in [2.45, 2.75) is 19.0 Å². The molecule has 132 valence electrons. The molecule has 1 aliphatic heterocycles. The molecule has 26 heavy (non-hydrogen) atoms. The highest BCUT2D eigenvalue weighted by Gasteiger charge is 2.40. The maximum Gasteiger partial charge on any atom is 0.170 e. The van der Waals surface area contributed by atoms with Crippen molar-refractivity contribution in [2.24, 2.45) is 0 Å². The van der Waals surface area contributed by atoms with E-state index in [0.717, 1.165) is 38.9 Å². The minimum Gasteiger partial charge on any atom is -0.459 e. The van der Waals surface area contributed by atoms with Crippen LogP contribution in [0.25, 0.3) is 11.3 Å². The molecule has 2 atom stereocenters. The minimum atomic E-state index is -0.0347. The third-order valence-electron chi connectivity index (χ3n) is 4.59. The number of likely N-dealkylation sites (N-methyl/N-ethyl adjacent to an activating group) is 1. The second-order valence-corrected chi connectivity index (χ2v) is 7.42. The van der Waals surface area contributed by atoms with Crippen LogP contribution >= 0.6 is 28.1 Å². The Morgan fingerprint density at radius 2 is 1.96 bits per heavy atom. The van der Waals surface area contributed by atoms with E-state index in [9.17, 15) is 0 Å². The number of hydrogen-bond acceptors (Lipinski definition) is 3. The van der Waals surface area contributed by atoms with E-state index in [-0.39, 0.29) is 12.1 Å². The van der Waals surface area contributed by atoms with Gasteiger partial charge in [0.25, 0.3) is 0 Å². The quantitative estimate of drug-likeness (QED) is 0.586. The van der Waals surface area contributed by atoms with E-state index < -0.39 is 0 Å². The lowest BCUT2D eigenvalue weighted by Gasteiger charge is -2.24. The molecule has 0 radical (unpaired) electrons. The number of nitrogens with one attached hydrogen (secondary N) is 1. The summed E-state index contributed by atoms with van der Waals surface area (Å²) in [6.45, 7) is 2.90. The molecule has 0 spiro atoms. The summed E-state index contributed by atoms with van der Waals surface area (Å²) in [6.07, 6.45) is 1.81. The van der Waals surface area contributed by atoms with Gasteiger partial charge >= 0.3 is 0 Å². The Hall–Kier alpha value is -2.18. The van der Waals surface area contributed by atoms with Gasteiger partial charge in [0, 0.05) is 22.8 Å². The zero-order valence-electron chi connectivity index (χ0n) is 14.2. The average Bonchev–Trinajstić information content (AvgIpc) is 3.27. The van der Waals surface area contributed by atoms with E-state index in [2.05, 4.69) is 38.1 Å². The summed E-state index contributed by atoms with van der Waals surface area (Å²) in [5, 5.41) is 4.14. The molecular formula is C20H18BrN3OS. The standard InChI is InChI=1S/C20H18BrN3OS/c1-2-24-19(18(23-20(24)26)15-5-3-4-12-22-15)17-11-10-16(25-17)13-6-8-14(21)9-7-13/h3-12,18-19H,2H2,1H3,(H,23,26)/t18-,19-/m1/s1. The van der Waals surface area contributed by atoms with E-state index in [0.29, 0.717) is 0 Å². The Balaban J connectivity index is 1.71. The normalized spacial score (nSPS) is 19.6. The molecule has 0 bridgehead atoms. The first-order valence-corrected chi connectivity index (χ1v) is 9.71. The number of benzene rings is 1. The van der Waals surface area contributed by atoms with Gasteiger partial charge in [-0.15, -0.1) is 0 Å². The molecule has 6 heteroatoms. The van der Waals surface area contributed by atoms with Crippen LogP contribution in [0.2, 0.25) is 0 Å². The van der Waals surface area contributed by atoms with Crippen LogP contribution in [-0.2, 0) is 0 Å². The molecule has 4 rings (SSSR count). The van der Waals surface area contributed by atoms with Crippen LogP contribution < -0.4 is 5.32 Å². The van der Waals surface area contributed by atoms with Crippen molar-refractivity contribution < 1.29 is 4.42 Å². The largest absolute Gasteiger partial charge is 0.459 e. The van der Waals surface area contributed by atoms with E-state index in [4.69, 9.17) is 16.6 Å². The van der Waals surface area contributed by atoms with Crippen LogP contribution in [0.15, 0.2) is 69.7 Å². The Morgan fingerprint density at radius 1 is 1.15 bits per heavy atom. The average molecular weight is 428 g/mol. The highest BCUT2D eigenvalue weighted by atomic mass is 79.9. The van der Waals surface area contributed by atoms with Crippen molar-refractivity contribution in [3.63, 3.8) is 0 Å². The molecule has 1 aromatic carbocycles. The lowest BCUT2D eigenvalue weighted by molar-refractivity contribution is 0.284. The number of rotatable bonds is 4. The number of hydrogen-bond donors (Lipinski definition) is 1. The molecule has 1 N–H and O–H groups in total. The Kier molecular flexibility index (Phi) is 4.78. The van der Waals surface area contributed by atoms with Crippen molar-refractivity contribution in [1.29, 1.82) is 0 Å². The molecule has 1 saturated heterocycles. The minimum absolute atomic E-state index is 0.0217. The summed E-state index contributed by atoms with van der Waals surface area (Å²) in [5.74, 6) is 1.73. The summed E-state index contributed by atoms with van der Waals surface area (Å²) in [7, 11) is 0. The number of furan rings is 1. The van der Waals surface area contributed by atoms with Gasteiger partial charge in [-0.2, -0.15) is 0 Å². The molecule has 0 amide bonds. The van der Waals surface area contributed by atoms with E-state index in [1.165, 1.54) is 0 Å². The third-order valence-corrected chi connectivity index (χ3v) is 5.47. The summed E-state index contributed by atoms with van der Waals surface area (Å²) in [6, 6.07) is 18.0. The second kappa shape index (κ2) is 7.21. The predicted octanol–water partition coefficient (Wildman–Crippen LogP) is 5.10. The van der Waals surface area contributed by atoms with E-state index in [1.54, 1.807) is 6.20 Å². The number of pyridine rings is 1. The van der Waals surface area contributed by atoms with Gasteiger partial charge in [-0.1, -0.05) is 34.1 Å². The van der Waals surface area contributed by atoms with Crippen molar-refractivity contribution in [2.75, 3.05) is 6.54 Å². The zero-order chi connectivity index (χ0) is 18.1. The van der Waals surface area contributed by atoms with Crippen LogP contribution in [0.3, 0.4) is 0 Å². The Labute approximate surface area is 166 Å². The number of thiocarbonyl (C=S) groups is 1. The molecule has 0 saturated carbocycles. The fourth-order valence-electron chi connectivity index (χ4n) is 3.34. The lowest BCUT2D eigenvalue weighted by Crippen LogP contribution is -2.29. The molecule has 0 unspecified atom stereocenters. The van der Waals surface area contributed by atoms with Crippen molar-refractivity contribution in [3.8, 4) is 11.3 Å². The first kappa shape index (κ1) is 17.2. The predicted molar refractivity (Wildman–Crippen MR) is 110 cm³/mol. The molecule has 1 fully saturated rings. The Bertz CT molecular complexity index is 910. The van der Waals surface area contributed by atoms with Crippen LogP contribution in [-0.4, -0.2) is 21.5 Å². The fourth-order valence-corrected chi connectivity index (χ4v) is 3.97. The Morgan fingerprint density at radius 3 is 2.65 bits per heavy atom. The van der Waals surface area contributed by atoms with Crippen molar-refractivity contribution in [3.05, 3.63) is 76.7 Å². The highest BCUT2D eigenvalue weighted by Crippen LogP contribution is 2.40. The van der Waals surface area contributed by atoms with Crippen LogP contribution in [0.5, 0.6) is 0 Å². The number of halogens is 1. The van der Waals surface area contributed by atoms with Crippen molar-refractivity contribution >= 4 is 33.3 Å². The first-order chi connectivity index (χ1) is 12.7. The fraction of sp³-hybridized carbons (Fsp3) is 0.200. The van der Waals surface area contributed by atoms with Gasteiger partial charge < -0.3 is 14.6 Å². The molecule has 3 aromatic rings. The molecule has 2 aromatic heterocycles.